The molecule has 0 aromatic carbocycles. The van der Waals surface area contributed by atoms with Crippen LogP contribution in [0, 0.1) is 12.7 Å². The number of aromatic nitrogens is 1. The molecule has 0 bridgehead atoms. The summed E-state index contributed by atoms with van der Waals surface area (Å²) in [6.45, 7) is 3.58. The van der Waals surface area contributed by atoms with Crippen molar-refractivity contribution in [2.24, 2.45) is 0 Å². The van der Waals surface area contributed by atoms with E-state index in [-0.39, 0.29) is 17.8 Å². The van der Waals surface area contributed by atoms with E-state index < -0.39 is 0 Å². The highest BCUT2D eigenvalue weighted by molar-refractivity contribution is 5.95. The molecule has 2 heterocycles. The highest BCUT2D eigenvalue weighted by Crippen LogP contribution is 2.25. The van der Waals surface area contributed by atoms with Gasteiger partial charge in [-0.05, 0) is 32.4 Å². The van der Waals surface area contributed by atoms with Gasteiger partial charge in [0.2, 0.25) is 5.91 Å². The molecular formula is C11H13FN2O. The predicted octanol–water partition coefficient (Wildman–Crippen LogP) is 2.04. The first-order valence-electron chi connectivity index (χ1n) is 5.05. The van der Waals surface area contributed by atoms with E-state index >= 15 is 0 Å². The Balaban J connectivity index is 2.36. The molecule has 0 aliphatic carbocycles. The van der Waals surface area contributed by atoms with E-state index in [1.165, 1.54) is 6.07 Å². The third-order valence-electron chi connectivity index (χ3n) is 2.74. The van der Waals surface area contributed by atoms with Crippen molar-refractivity contribution in [3.8, 4) is 0 Å². The molecule has 1 aliphatic heterocycles. The number of carbonyl (C=O) groups excluding carboxylic acids is 1. The summed E-state index contributed by atoms with van der Waals surface area (Å²) in [7, 11) is 0. The van der Waals surface area contributed by atoms with Crippen LogP contribution in [-0.2, 0) is 4.79 Å². The Morgan fingerprint density at radius 3 is 2.80 bits per heavy atom. The van der Waals surface area contributed by atoms with Crippen molar-refractivity contribution >= 4 is 11.7 Å². The van der Waals surface area contributed by atoms with Gasteiger partial charge < -0.3 is 0 Å². The van der Waals surface area contributed by atoms with Crippen LogP contribution in [-0.4, -0.2) is 16.9 Å². The Bertz CT molecular complexity index is 406. The normalized spacial score (nSPS) is 21.1. The maximum absolute atomic E-state index is 13.0. The lowest BCUT2D eigenvalue weighted by Crippen LogP contribution is -2.31. The summed E-state index contributed by atoms with van der Waals surface area (Å²) in [6, 6.07) is 3.08. The second-order valence-electron chi connectivity index (χ2n) is 3.89. The summed E-state index contributed by atoms with van der Waals surface area (Å²) in [5.41, 5.74) is 0.333. The van der Waals surface area contributed by atoms with E-state index in [2.05, 4.69) is 4.98 Å². The molecule has 1 saturated heterocycles. The Labute approximate surface area is 87.9 Å². The number of pyridine rings is 1. The Morgan fingerprint density at radius 1 is 1.53 bits per heavy atom. The number of anilines is 1. The molecule has 1 fully saturated rings. The quantitative estimate of drug-likeness (QED) is 0.707. The lowest BCUT2D eigenvalue weighted by Gasteiger charge is -2.20. The largest absolute Gasteiger partial charge is 0.294 e. The summed E-state index contributed by atoms with van der Waals surface area (Å²) in [6.07, 6.45) is 1.40. The van der Waals surface area contributed by atoms with Gasteiger partial charge in [-0.25, -0.2) is 9.37 Å². The number of hydrogen-bond donors (Lipinski definition) is 0. The number of aryl methyl sites for hydroxylation is 1. The van der Waals surface area contributed by atoms with E-state index in [1.807, 2.05) is 6.92 Å². The van der Waals surface area contributed by atoms with Gasteiger partial charge in [-0.15, -0.1) is 0 Å². The fraction of sp³-hybridized carbons (Fsp3) is 0.455. The molecule has 1 aromatic rings. The van der Waals surface area contributed by atoms with Crippen molar-refractivity contribution in [3.05, 3.63) is 23.6 Å². The molecule has 2 rings (SSSR count). The molecule has 15 heavy (non-hydrogen) atoms. The maximum atomic E-state index is 13.0. The van der Waals surface area contributed by atoms with Crippen molar-refractivity contribution in [2.75, 3.05) is 4.90 Å². The zero-order valence-corrected chi connectivity index (χ0v) is 8.83. The summed E-state index contributed by atoms with van der Waals surface area (Å²) < 4.78 is 13.0. The van der Waals surface area contributed by atoms with Crippen LogP contribution < -0.4 is 4.90 Å². The van der Waals surface area contributed by atoms with Gasteiger partial charge >= 0.3 is 0 Å². The second-order valence-corrected chi connectivity index (χ2v) is 3.89. The van der Waals surface area contributed by atoms with Gasteiger partial charge in [0.15, 0.2) is 0 Å². The van der Waals surface area contributed by atoms with Gasteiger partial charge in [0.05, 0.1) is 5.69 Å². The predicted molar refractivity (Wildman–Crippen MR) is 55.1 cm³/mol. The number of hydrogen-bond acceptors (Lipinski definition) is 2. The first kappa shape index (κ1) is 10.1. The number of halogens is 1. The molecule has 1 atom stereocenters. The third-order valence-corrected chi connectivity index (χ3v) is 2.74. The molecular weight excluding hydrogens is 195 g/mol. The molecule has 0 spiro atoms. The third kappa shape index (κ3) is 1.71. The van der Waals surface area contributed by atoms with Crippen LogP contribution in [0.1, 0.15) is 25.5 Å². The van der Waals surface area contributed by atoms with Crippen LogP contribution in [0.2, 0.25) is 0 Å². The van der Waals surface area contributed by atoms with E-state index in [9.17, 15) is 9.18 Å². The molecule has 0 N–H and O–H groups in total. The van der Waals surface area contributed by atoms with Gasteiger partial charge in [-0.1, -0.05) is 0 Å². The van der Waals surface area contributed by atoms with Gasteiger partial charge in [0.1, 0.15) is 11.6 Å². The van der Waals surface area contributed by atoms with E-state index in [0.717, 1.165) is 6.42 Å². The monoisotopic (exact) mass is 208 g/mol. The van der Waals surface area contributed by atoms with Crippen molar-refractivity contribution in [1.82, 2.24) is 4.98 Å². The minimum atomic E-state index is -0.335. The molecule has 4 heteroatoms. The molecule has 0 saturated carbocycles. The zero-order chi connectivity index (χ0) is 11.0. The van der Waals surface area contributed by atoms with Crippen LogP contribution in [0.25, 0.3) is 0 Å². The van der Waals surface area contributed by atoms with E-state index in [4.69, 9.17) is 0 Å². The fourth-order valence-corrected chi connectivity index (χ4v) is 1.85. The number of carbonyl (C=O) groups is 1. The molecule has 3 nitrogen and oxygen atoms in total. The molecule has 1 unspecified atom stereocenters. The fourth-order valence-electron chi connectivity index (χ4n) is 1.85. The summed E-state index contributed by atoms with van der Waals surface area (Å²) >= 11 is 0. The van der Waals surface area contributed by atoms with Crippen molar-refractivity contribution in [1.29, 1.82) is 0 Å². The van der Waals surface area contributed by atoms with E-state index in [0.29, 0.717) is 17.9 Å². The minimum absolute atomic E-state index is 0.0704. The Morgan fingerprint density at radius 2 is 2.27 bits per heavy atom. The van der Waals surface area contributed by atoms with Crippen molar-refractivity contribution in [3.63, 3.8) is 0 Å². The number of nitrogens with zero attached hydrogens (tertiary/aromatic N) is 2. The maximum Gasteiger partial charge on any atom is 0.228 e. The second kappa shape index (κ2) is 3.61. The zero-order valence-electron chi connectivity index (χ0n) is 8.83. The minimum Gasteiger partial charge on any atom is -0.294 e. The number of rotatable bonds is 1. The topological polar surface area (TPSA) is 33.2 Å². The highest BCUT2D eigenvalue weighted by Gasteiger charge is 2.29. The molecule has 0 radical (unpaired) electrons. The van der Waals surface area contributed by atoms with Gasteiger partial charge in [-0.3, -0.25) is 9.69 Å². The molecule has 1 amide bonds. The van der Waals surface area contributed by atoms with E-state index in [1.54, 1.807) is 17.9 Å². The standard InChI is InChI=1S/C11H13FN2O/c1-7-3-6-11(15)14(7)10-5-4-9(12)8(2)13-10/h4-5,7H,3,6H2,1-2H3. The van der Waals surface area contributed by atoms with Crippen molar-refractivity contribution < 1.29 is 9.18 Å². The van der Waals surface area contributed by atoms with Gasteiger partial charge in [0.25, 0.3) is 0 Å². The lowest BCUT2D eigenvalue weighted by atomic mass is 10.2. The summed E-state index contributed by atoms with van der Waals surface area (Å²) in [4.78, 5) is 17.3. The van der Waals surface area contributed by atoms with Crippen LogP contribution in [0.15, 0.2) is 12.1 Å². The van der Waals surface area contributed by atoms with Gasteiger partial charge in [0, 0.05) is 12.5 Å². The van der Waals surface area contributed by atoms with Crippen LogP contribution in [0.3, 0.4) is 0 Å². The lowest BCUT2D eigenvalue weighted by molar-refractivity contribution is -0.117. The average molecular weight is 208 g/mol. The van der Waals surface area contributed by atoms with Crippen LogP contribution in [0.4, 0.5) is 10.2 Å². The number of amides is 1. The summed E-state index contributed by atoms with van der Waals surface area (Å²) in [5.74, 6) is 0.294. The first-order valence-corrected chi connectivity index (χ1v) is 5.05. The van der Waals surface area contributed by atoms with Gasteiger partial charge in [-0.2, -0.15) is 0 Å². The summed E-state index contributed by atoms with van der Waals surface area (Å²) in [5, 5.41) is 0. The SMILES string of the molecule is Cc1nc(N2C(=O)CCC2C)ccc1F. The average Bonchev–Trinajstić information content (AvgIpc) is 2.52. The highest BCUT2D eigenvalue weighted by atomic mass is 19.1. The van der Waals surface area contributed by atoms with Crippen molar-refractivity contribution in [2.45, 2.75) is 32.7 Å². The smallest absolute Gasteiger partial charge is 0.228 e. The first-order chi connectivity index (χ1) is 7.09. The Hall–Kier alpha value is -1.45. The molecule has 1 aliphatic rings. The molecule has 80 valence electrons. The molecule has 1 aromatic heterocycles. The Kier molecular flexibility index (Phi) is 2.42. The van der Waals surface area contributed by atoms with Crippen LogP contribution in [0.5, 0.6) is 0 Å². The van der Waals surface area contributed by atoms with Crippen LogP contribution >= 0.6 is 0 Å².